The van der Waals surface area contributed by atoms with Crippen molar-refractivity contribution in [2.24, 2.45) is 0 Å². The van der Waals surface area contributed by atoms with Crippen LogP contribution in [0.1, 0.15) is 15.9 Å². The number of carbonyl (C=O) groups is 1. The van der Waals surface area contributed by atoms with Gasteiger partial charge in [-0.25, -0.2) is 14.8 Å². The minimum absolute atomic E-state index is 0.00185. The smallest absolute Gasteiger partial charge is 0.353 e. The number of esters is 1. The summed E-state index contributed by atoms with van der Waals surface area (Å²) in [5.41, 5.74) is 1.96. The van der Waals surface area contributed by atoms with E-state index in [1.165, 1.54) is 25.6 Å². The van der Waals surface area contributed by atoms with Gasteiger partial charge in [-0.15, -0.1) is 0 Å². The largest absolute Gasteiger partial charge is 0.465 e. The van der Waals surface area contributed by atoms with Gasteiger partial charge in [0.1, 0.15) is 6.33 Å². The number of rotatable bonds is 6. The summed E-state index contributed by atoms with van der Waals surface area (Å²) < 4.78 is 4.65. The lowest BCUT2D eigenvalue weighted by Gasteiger charge is -2.12. The number of aryl methyl sites for hydroxylation is 1. The molecular weight excluding hydrogens is 398 g/mol. The van der Waals surface area contributed by atoms with Crippen molar-refractivity contribution in [3.8, 4) is 0 Å². The highest BCUT2D eigenvalue weighted by Crippen LogP contribution is 2.34. The van der Waals surface area contributed by atoms with Gasteiger partial charge < -0.3 is 15.4 Å². The van der Waals surface area contributed by atoms with Crippen LogP contribution < -0.4 is 10.6 Å². The van der Waals surface area contributed by atoms with Gasteiger partial charge >= 0.3 is 11.7 Å². The van der Waals surface area contributed by atoms with Gasteiger partial charge in [0.25, 0.3) is 0 Å². The van der Waals surface area contributed by atoms with Gasteiger partial charge in [0.05, 0.1) is 17.6 Å². The zero-order valence-corrected chi connectivity index (χ0v) is 16.2. The first-order valence-electron chi connectivity index (χ1n) is 8.37. The Labute approximate surface area is 170 Å². The monoisotopic (exact) mass is 413 g/mol. The third kappa shape index (κ3) is 4.58. The van der Waals surface area contributed by atoms with Crippen LogP contribution in [0.25, 0.3) is 0 Å². The fourth-order valence-electron chi connectivity index (χ4n) is 2.54. The number of nitro groups is 1. The van der Waals surface area contributed by atoms with E-state index in [0.717, 1.165) is 5.56 Å². The zero-order valence-electron chi connectivity index (χ0n) is 15.5. The van der Waals surface area contributed by atoms with Gasteiger partial charge in [-0.1, -0.05) is 17.7 Å². The summed E-state index contributed by atoms with van der Waals surface area (Å²) in [6.45, 7) is 1.84. The highest BCUT2D eigenvalue weighted by Gasteiger charge is 2.24. The fourth-order valence-corrected chi connectivity index (χ4v) is 2.71. The van der Waals surface area contributed by atoms with Crippen LogP contribution in [0, 0.1) is 17.0 Å². The molecule has 2 N–H and O–H groups in total. The fraction of sp³-hybridized carbons (Fsp3) is 0.105. The Balaban J connectivity index is 1.94. The molecule has 0 radical (unpaired) electrons. The molecule has 3 rings (SSSR count). The summed E-state index contributed by atoms with van der Waals surface area (Å²) in [6, 6.07) is 11.4. The van der Waals surface area contributed by atoms with E-state index in [2.05, 4.69) is 25.3 Å². The molecule has 0 bridgehead atoms. The normalized spacial score (nSPS) is 10.3. The molecule has 148 valence electrons. The Morgan fingerprint density at radius 3 is 2.38 bits per heavy atom. The summed E-state index contributed by atoms with van der Waals surface area (Å²) in [4.78, 5) is 30.7. The number of nitrogens with zero attached hydrogens (tertiary/aromatic N) is 3. The number of nitrogens with one attached hydrogen (secondary N) is 2. The lowest BCUT2D eigenvalue weighted by molar-refractivity contribution is -0.383. The van der Waals surface area contributed by atoms with Gasteiger partial charge in [0.2, 0.25) is 11.6 Å². The van der Waals surface area contributed by atoms with Crippen LogP contribution in [0.3, 0.4) is 0 Å². The molecule has 0 amide bonds. The summed E-state index contributed by atoms with van der Waals surface area (Å²) in [6.07, 6.45) is 1.21. The van der Waals surface area contributed by atoms with Crippen LogP contribution in [0.5, 0.6) is 0 Å². The van der Waals surface area contributed by atoms with Crippen molar-refractivity contribution in [2.45, 2.75) is 6.92 Å². The van der Waals surface area contributed by atoms with E-state index >= 15 is 0 Å². The van der Waals surface area contributed by atoms with Crippen LogP contribution in [0.2, 0.25) is 5.02 Å². The number of ether oxygens (including phenoxy) is 1. The average Bonchev–Trinajstić information content (AvgIpc) is 2.70. The lowest BCUT2D eigenvalue weighted by Crippen LogP contribution is -2.06. The number of aromatic nitrogens is 2. The molecule has 3 aromatic rings. The number of methoxy groups -OCH3 is 1. The van der Waals surface area contributed by atoms with E-state index in [0.29, 0.717) is 22.0 Å². The summed E-state index contributed by atoms with van der Waals surface area (Å²) in [5.74, 6) is -0.463. The molecule has 0 aliphatic heterocycles. The minimum atomic E-state index is -0.576. The molecule has 1 heterocycles. The molecule has 0 unspecified atom stereocenters. The molecule has 0 saturated heterocycles. The molecular formula is C19H16ClN5O4. The van der Waals surface area contributed by atoms with E-state index in [9.17, 15) is 14.9 Å². The first-order valence-corrected chi connectivity index (χ1v) is 8.75. The first kappa shape index (κ1) is 20.0. The van der Waals surface area contributed by atoms with Crippen LogP contribution in [0.4, 0.5) is 28.7 Å². The molecule has 0 aliphatic rings. The first-order chi connectivity index (χ1) is 13.9. The SMILES string of the molecule is COC(=O)c1ccc(Nc2ncnc(Nc3cc(Cl)ccc3C)c2[N+](=O)[O-])cc1. The van der Waals surface area contributed by atoms with Crippen molar-refractivity contribution >= 4 is 46.3 Å². The average molecular weight is 414 g/mol. The van der Waals surface area contributed by atoms with Crippen molar-refractivity contribution in [1.29, 1.82) is 0 Å². The highest BCUT2D eigenvalue weighted by atomic mass is 35.5. The van der Waals surface area contributed by atoms with E-state index in [4.69, 9.17) is 11.6 Å². The number of anilines is 4. The number of hydrogen-bond donors (Lipinski definition) is 2. The topological polar surface area (TPSA) is 119 Å². The van der Waals surface area contributed by atoms with E-state index in [1.54, 1.807) is 30.3 Å². The van der Waals surface area contributed by atoms with Crippen LogP contribution >= 0.6 is 11.6 Å². The molecule has 0 atom stereocenters. The van der Waals surface area contributed by atoms with Crippen molar-refractivity contribution < 1.29 is 14.5 Å². The molecule has 0 spiro atoms. The summed E-state index contributed by atoms with van der Waals surface area (Å²) in [5, 5.41) is 18.0. The third-order valence-corrected chi connectivity index (χ3v) is 4.26. The second-order valence-electron chi connectivity index (χ2n) is 5.95. The Morgan fingerprint density at radius 2 is 1.76 bits per heavy atom. The Hall–Kier alpha value is -3.72. The number of hydrogen-bond acceptors (Lipinski definition) is 8. The Morgan fingerprint density at radius 1 is 1.10 bits per heavy atom. The molecule has 2 aromatic carbocycles. The standard InChI is InChI=1S/C19H16ClN5O4/c1-11-3-6-13(20)9-15(11)24-18-16(25(27)28)17(21-10-22-18)23-14-7-4-12(5-8-14)19(26)29-2/h3-10H,1-2H3,(H2,21,22,23,24). The quantitative estimate of drug-likeness (QED) is 0.341. The van der Waals surface area contributed by atoms with Gasteiger partial charge in [-0.3, -0.25) is 10.1 Å². The molecule has 10 heteroatoms. The molecule has 0 saturated carbocycles. The number of halogens is 1. The van der Waals surface area contributed by atoms with Gasteiger partial charge in [0, 0.05) is 16.4 Å². The predicted octanol–water partition coefficient (Wildman–Crippen LogP) is 4.62. The van der Waals surface area contributed by atoms with Crippen LogP contribution in [-0.2, 0) is 4.74 Å². The number of benzene rings is 2. The van der Waals surface area contributed by atoms with E-state index in [1.807, 2.05) is 6.92 Å². The molecule has 29 heavy (non-hydrogen) atoms. The van der Waals surface area contributed by atoms with E-state index in [-0.39, 0.29) is 17.3 Å². The minimum Gasteiger partial charge on any atom is -0.465 e. The molecule has 0 aliphatic carbocycles. The second kappa shape index (κ2) is 8.53. The van der Waals surface area contributed by atoms with Crippen molar-refractivity contribution in [1.82, 2.24) is 9.97 Å². The van der Waals surface area contributed by atoms with Crippen molar-refractivity contribution in [3.05, 3.63) is 75.1 Å². The maximum Gasteiger partial charge on any atom is 0.353 e. The maximum absolute atomic E-state index is 11.7. The molecule has 9 nitrogen and oxygen atoms in total. The summed E-state index contributed by atoms with van der Waals surface area (Å²) in [7, 11) is 1.29. The highest BCUT2D eigenvalue weighted by molar-refractivity contribution is 6.30. The van der Waals surface area contributed by atoms with Gasteiger partial charge in [-0.2, -0.15) is 0 Å². The zero-order chi connectivity index (χ0) is 21.0. The molecule has 0 fully saturated rings. The van der Waals surface area contributed by atoms with Crippen LogP contribution in [-0.4, -0.2) is 28.0 Å². The van der Waals surface area contributed by atoms with Crippen molar-refractivity contribution in [2.75, 3.05) is 17.7 Å². The number of carbonyl (C=O) groups excluding carboxylic acids is 1. The second-order valence-corrected chi connectivity index (χ2v) is 6.39. The third-order valence-electron chi connectivity index (χ3n) is 4.03. The van der Waals surface area contributed by atoms with Gasteiger partial charge in [-0.05, 0) is 48.9 Å². The Bertz CT molecular complexity index is 1070. The maximum atomic E-state index is 11.7. The molecule has 1 aromatic heterocycles. The Kier molecular flexibility index (Phi) is 5.89. The van der Waals surface area contributed by atoms with Crippen molar-refractivity contribution in [3.63, 3.8) is 0 Å². The van der Waals surface area contributed by atoms with E-state index < -0.39 is 10.9 Å². The summed E-state index contributed by atoms with van der Waals surface area (Å²) >= 11 is 6.02. The lowest BCUT2D eigenvalue weighted by atomic mass is 10.2. The van der Waals surface area contributed by atoms with Gasteiger partial charge in [0.15, 0.2) is 0 Å². The van der Waals surface area contributed by atoms with Crippen LogP contribution in [0.15, 0.2) is 48.8 Å². The predicted molar refractivity (Wildman–Crippen MR) is 109 cm³/mol.